The summed E-state index contributed by atoms with van der Waals surface area (Å²) in [4.78, 5) is 10.4. The molecule has 0 bridgehead atoms. The van der Waals surface area contributed by atoms with Gasteiger partial charge in [0.15, 0.2) is 17.5 Å². The van der Waals surface area contributed by atoms with Gasteiger partial charge in [0.2, 0.25) is 0 Å². The predicted molar refractivity (Wildman–Crippen MR) is 74.5 cm³/mol. The molecule has 0 amide bonds. The highest BCUT2D eigenvalue weighted by Gasteiger charge is 2.13. The van der Waals surface area contributed by atoms with Crippen LogP contribution in [0.5, 0.6) is 0 Å². The zero-order valence-corrected chi connectivity index (χ0v) is 11.3. The zero-order chi connectivity index (χ0) is 13.8. The Bertz CT molecular complexity index is 549. The first kappa shape index (κ1) is 13.1. The van der Waals surface area contributed by atoms with Crippen molar-refractivity contribution in [1.82, 2.24) is 15.1 Å². The standard InChI is InChI=1S/C12H18N6O/c1-4-18(5-2)12-10(13)11(14-7-15-12)16-9-6-8(3)19-17-9/h6-7H,4-5,13H2,1-3H3,(H,14,15,16,17). The van der Waals surface area contributed by atoms with Crippen LogP contribution in [0.1, 0.15) is 19.6 Å². The quantitative estimate of drug-likeness (QED) is 0.850. The van der Waals surface area contributed by atoms with Crippen molar-refractivity contribution in [2.75, 3.05) is 29.0 Å². The Labute approximate surface area is 111 Å². The number of hydrogen-bond acceptors (Lipinski definition) is 7. The van der Waals surface area contributed by atoms with E-state index in [1.807, 2.05) is 6.92 Å². The average Bonchev–Trinajstić information content (AvgIpc) is 2.81. The number of nitrogens with two attached hydrogens (primary N) is 1. The van der Waals surface area contributed by atoms with Crippen LogP contribution in [-0.4, -0.2) is 28.2 Å². The number of rotatable bonds is 5. The van der Waals surface area contributed by atoms with Crippen LogP contribution in [0.4, 0.5) is 23.1 Å². The summed E-state index contributed by atoms with van der Waals surface area (Å²) < 4.78 is 4.99. The smallest absolute Gasteiger partial charge is 0.175 e. The Morgan fingerprint density at radius 1 is 1.32 bits per heavy atom. The highest BCUT2D eigenvalue weighted by Crippen LogP contribution is 2.27. The van der Waals surface area contributed by atoms with Crippen molar-refractivity contribution >= 4 is 23.1 Å². The van der Waals surface area contributed by atoms with Crippen LogP contribution < -0.4 is 16.0 Å². The van der Waals surface area contributed by atoms with Gasteiger partial charge in [-0.05, 0) is 20.8 Å². The predicted octanol–water partition coefficient (Wildman–Crippen LogP) is 1.95. The van der Waals surface area contributed by atoms with E-state index < -0.39 is 0 Å². The van der Waals surface area contributed by atoms with Gasteiger partial charge in [-0.25, -0.2) is 9.97 Å². The first-order valence-corrected chi connectivity index (χ1v) is 6.21. The highest BCUT2D eigenvalue weighted by molar-refractivity contribution is 5.77. The Morgan fingerprint density at radius 3 is 2.63 bits per heavy atom. The van der Waals surface area contributed by atoms with E-state index >= 15 is 0 Å². The molecule has 2 heterocycles. The molecule has 0 aliphatic rings. The van der Waals surface area contributed by atoms with Crippen molar-refractivity contribution in [3.8, 4) is 0 Å². The number of anilines is 4. The van der Waals surface area contributed by atoms with Gasteiger partial charge in [0.25, 0.3) is 0 Å². The second-order valence-corrected chi connectivity index (χ2v) is 4.08. The van der Waals surface area contributed by atoms with Crippen LogP contribution in [0.3, 0.4) is 0 Å². The van der Waals surface area contributed by atoms with Gasteiger partial charge in [-0.2, -0.15) is 0 Å². The number of nitrogen functional groups attached to an aromatic ring is 1. The molecule has 2 aromatic rings. The number of aryl methyl sites for hydroxylation is 1. The molecule has 0 atom stereocenters. The van der Waals surface area contributed by atoms with Crippen molar-refractivity contribution in [3.05, 3.63) is 18.2 Å². The number of nitrogens with one attached hydrogen (secondary N) is 1. The van der Waals surface area contributed by atoms with E-state index in [9.17, 15) is 0 Å². The van der Waals surface area contributed by atoms with Gasteiger partial charge in [-0.15, -0.1) is 0 Å². The summed E-state index contributed by atoms with van der Waals surface area (Å²) in [6, 6.07) is 1.78. The second-order valence-electron chi connectivity index (χ2n) is 4.08. The molecule has 3 N–H and O–H groups in total. The molecule has 0 radical (unpaired) electrons. The lowest BCUT2D eigenvalue weighted by molar-refractivity contribution is 0.400. The first-order chi connectivity index (χ1) is 9.15. The average molecular weight is 262 g/mol. The van der Waals surface area contributed by atoms with Crippen molar-refractivity contribution < 1.29 is 4.52 Å². The third kappa shape index (κ3) is 2.75. The third-order valence-electron chi connectivity index (χ3n) is 2.80. The molecule has 0 spiro atoms. The van der Waals surface area contributed by atoms with Crippen molar-refractivity contribution in [3.63, 3.8) is 0 Å². The molecule has 0 aliphatic carbocycles. The van der Waals surface area contributed by atoms with Crippen molar-refractivity contribution in [2.24, 2.45) is 0 Å². The van der Waals surface area contributed by atoms with Crippen LogP contribution in [0.25, 0.3) is 0 Å². The first-order valence-electron chi connectivity index (χ1n) is 6.21. The minimum atomic E-state index is 0.506. The summed E-state index contributed by atoms with van der Waals surface area (Å²) in [5, 5.41) is 6.88. The summed E-state index contributed by atoms with van der Waals surface area (Å²) in [6.45, 7) is 7.60. The van der Waals surface area contributed by atoms with Crippen LogP contribution in [-0.2, 0) is 0 Å². The van der Waals surface area contributed by atoms with E-state index in [4.69, 9.17) is 10.3 Å². The fourth-order valence-electron chi connectivity index (χ4n) is 1.81. The Hall–Kier alpha value is -2.31. The van der Waals surface area contributed by atoms with E-state index in [-0.39, 0.29) is 0 Å². The fraction of sp³-hybridized carbons (Fsp3) is 0.417. The SMILES string of the molecule is CCN(CC)c1ncnc(Nc2cc(C)on2)c1N. The maximum Gasteiger partial charge on any atom is 0.175 e. The van der Waals surface area contributed by atoms with E-state index in [1.54, 1.807) is 6.07 Å². The maximum atomic E-state index is 6.10. The molecule has 0 saturated heterocycles. The molecular weight excluding hydrogens is 244 g/mol. The summed E-state index contributed by atoms with van der Waals surface area (Å²) in [5.41, 5.74) is 6.61. The van der Waals surface area contributed by atoms with E-state index in [2.05, 4.69) is 39.2 Å². The lowest BCUT2D eigenvalue weighted by Crippen LogP contribution is -2.24. The van der Waals surface area contributed by atoms with E-state index in [1.165, 1.54) is 6.33 Å². The summed E-state index contributed by atoms with van der Waals surface area (Å²) >= 11 is 0. The Morgan fingerprint density at radius 2 is 2.05 bits per heavy atom. The molecule has 0 saturated carbocycles. The Kier molecular flexibility index (Phi) is 3.84. The van der Waals surface area contributed by atoms with Crippen molar-refractivity contribution in [1.29, 1.82) is 0 Å². The van der Waals surface area contributed by atoms with Crippen LogP contribution in [0.2, 0.25) is 0 Å². The Balaban J connectivity index is 2.29. The third-order valence-corrected chi connectivity index (χ3v) is 2.80. The topological polar surface area (TPSA) is 93.1 Å². The van der Waals surface area contributed by atoms with E-state index in [0.29, 0.717) is 17.3 Å². The fourth-order valence-corrected chi connectivity index (χ4v) is 1.81. The molecular formula is C12H18N6O. The minimum absolute atomic E-state index is 0.506. The van der Waals surface area contributed by atoms with Crippen LogP contribution in [0, 0.1) is 6.92 Å². The maximum absolute atomic E-state index is 6.10. The molecule has 2 aromatic heterocycles. The summed E-state index contributed by atoms with van der Waals surface area (Å²) in [6.07, 6.45) is 1.49. The minimum Gasteiger partial charge on any atom is -0.393 e. The van der Waals surface area contributed by atoms with Gasteiger partial charge in [0, 0.05) is 19.2 Å². The van der Waals surface area contributed by atoms with Gasteiger partial charge >= 0.3 is 0 Å². The van der Waals surface area contributed by atoms with Gasteiger partial charge < -0.3 is 20.5 Å². The molecule has 2 rings (SSSR count). The largest absolute Gasteiger partial charge is 0.393 e. The van der Waals surface area contributed by atoms with Crippen LogP contribution >= 0.6 is 0 Å². The van der Waals surface area contributed by atoms with Crippen LogP contribution in [0.15, 0.2) is 16.9 Å². The second kappa shape index (κ2) is 5.55. The van der Waals surface area contributed by atoms with Crippen molar-refractivity contribution in [2.45, 2.75) is 20.8 Å². The summed E-state index contributed by atoms with van der Waals surface area (Å²) in [5.74, 6) is 2.56. The molecule has 7 heteroatoms. The monoisotopic (exact) mass is 262 g/mol. The lowest BCUT2D eigenvalue weighted by Gasteiger charge is -2.21. The van der Waals surface area contributed by atoms with Gasteiger partial charge in [0.05, 0.1) is 0 Å². The number of aromatic nitrogens is 3. The summed E-state index contributed by atoms with van der Waals surface area (Å²) in [7, 11) is 0. The number of nitrogens with zero attached hydrogens (tertiary/aromatic N) is 4. The number of hydrogen-bond donors (Lipinski definition) is 2. The molecule has 0 aromatic carbocycles. The van der Waals surface area contributed by atoms with Gasteiger partial charge in [-0.1, -0.05) is 5.16 Å². The molecule has 7 nitrogen and oxygen atoms in total. The lowest BCUT2D eigenvalue weighted by atomic mass is 10.3. The normalized spacial score (nSPS) is 10.5. The van der Waals surface area contributed by atoms with Gasteiger partial charge in [0.1, 0.15) is 17.8 Å². The van der Waals surface area contributed by atoms with Gasteiger partial charge in [-0.3, -0.25) is 0 Å². The molecule has 0 unspecified atom stereocenters. The van der Waals surface area contributed by atoms with E-state index in [0.717, 1.165) is 24.7 Å². The molecule has 102 valence electrons. The highest BCUT2D eigenvalue weighted by atomic mass is 16.5. The zero-order valence-electron chi connectivity index (χ0n) is 11.3. The molecule has 19 heavy (non-hydrogen) atoms. The molecule has 0 aliphatic heterocycles. The molecule has 0 fully saturated rings.